The number of benzene rings is 2. The maximum absolute atomic E-state index is 12.3. The van der Waals surface area contributed by atoms with Gasteiger partial charge in [-0.25, -0.2) is 9.59 Å². The van der Waals surface area contributed by atoms with Gasteiger partial charge in [0.25, 0.3) is 5.91 Å². The zero-order valence-corrected chi connectivity index (χ0v) is 16.3. The van der Waals surface area contributed by atoms with Gasteiger partial charge in [0, 0.05) is 6.54 Å². The molecule has 1 heterocycles. The van der Waals surface area contributed by atoms with Crippen molar-refractivity contribution in [3.05, 3.63) is 58.6 Å². The van der Waals surface area contributed by atoms with Crippen molar-refractivity contribution in [2.24, 2.45) is 0 Å². The number of rotatable bonds is 5. The molecule has 2 N–H and O–H groups in total. The Bertz CT molecular complexity index is 919. The van der Waals surface area contributed by atoms with E-state index in [1.54, 1.807) is 0 Å². The van der Waals surface area contributed by atoms with Crippen molar-refractivity contribution in [1.29, 1.82) is 0 Å². The summed E-state index contributed by atoms with van der Waals surface area (Å²) in [5.41, 5.74) is 0.984. The highest BCUT2D eigenvalue weighted by Gasteiger charge is 2.24. The number of hydrogen-bond acceptors (Lipinski definition) is 6. The molecule has 0 saturated heterocycles. The van der Waals surface area contributed by atoms with Gasteiger partial charge in [-0.2, -0.15) is 0 Å². The van der Waals surface area contributed by atoms with E-state index in [0.29, 0.717) is 24.7 Å². The first-order valence-corrected chi connectivity index (χ1v) is 9.24. The second-order valence-electron chi connectivity index (χ2n) is 6.19. The van der Waals surface area contributed by atoms with Crippen LogP contribution in [0, 0.1) is 0 Å². The number of carbonyl (C=O) groups excluding carboxylic acids is 3. The van der Waals surface area contributed by atoms with Crippen molar-refractivity contribution in [3.8, 4) is 11.5 Å². The van der Waals surface area contributed by atoms with Crippen molar-refractivity contribution in [1.82, 2.24) is 10.6 Å². The van der Waals surface area contributed by atoms with Gasteiger partial charge >= 0.3 is 12.0 Å². The number of esters is 1. The maximum atomic E-state index is 12.3. The molecule has 3 rings (SSSR count). The van der Waals surface area contributed by atoms with Crippen molar-refractivity contribution < 1.29 is 28.6 Å². The fourth-order valence-corrected chi connectivity index (χ4v) is 2.81. The van der Waals surface area contributed by atoms with Gasteiger partial charge in [0.15, 0.2) is 17.6 Å². The molecule has 0 aliphatic carbocycles. The normalized spacial score (nSPS) is 13.2. The molecule has 8 nitrogen and oxygen atoms in total. The predicted molar refractivity (Wildman–Crippen MR) is 104 cm³/mol. The van der Waals surface area contributed by atoms with Crippen molar-refractivity contribution in [3.63, 3.8) is 0 Å². The number of carbonyl (C=O) groups is 3. The SMILES string of the molecule is C[C@@H](OC(=O)c1cc(Cl)c2c(c1)OCCO2)C(=O)NC(=O)NCc1ccccc1. The Hall–Kier alpha value is -3.26. The molecule has 1 atom stereocenters. The highest BCUT2D eigenvalue weighted by Crippen LogP contribution is 2.38. The van der Waals surface area contributed by atoms with Crippen LogP contribution < -0.4 is 20.1 Å². The van der Waals surface area contributed by atoms with Gasteiger partial charge in [-0.3, -0.25) is 10.1 Å². The molecule has 0 fully saturated rings. The number of imide groups is 1. The molecular formula is C20H19ClN2O6. The maximum Gasteiger partial charge on any atom is 0.339 e. The van der Waals surface area contributed by atoms with Crippen LogP contribution in [-0.2, 0) is 16.1 Å². The molecule has 0 radical (unpaired) electrons. The molecule has 2 aromatic carbocycles. The Morgan fingerprint density at radius 1 is 1.14 bits per heavy atom. The lowest BCUT2D eigenvalue weighted by atomic mass is 10.2. The summed E-state index contributed by atoms with van der Waals surface area (Å²) in [5, 5.41) is 4.88. The standard InChI is InChI=1S/C20H19ClN2O6/c1-12(18(24)23-20(26)22-11-13-5-3-2-4-6-13)29-19(25)14-9-15(21)17-16(10-14)27-7-8-28-17/h2-6,9-10,12H,7-8,11H2,1H3,(H2,22,23,24,26)/t12-/m1/s1. The van der Waals surface area contributed by atoms with Crippen molar-refractivity contribution >= 4 is 29.5 Å². The quantitative estimate of drug-likeness (QED) is 0.724. The third-order valence-electron chi connectivity index (χ3n) is 4.02. The van der Waals surface area contributed by atoms with Gasteiger partial charge in [-0.15, -0.1) is 0 Å². The van der Waals surface area contributed by atoms with Crippen LogP contribution in [-0.4, -0.2) is 37.2 Å². The highest BCUT2D eigenvalue weighted by molar-refractivity contribution is 6.32. The van der Waals surface area contributed by atoms with E-state index in [1.165, 1.54) is 19.1 Å². The molecule has 2 aromatic rings. The van der Waals surface area contributed by atoms with E-state index in [1.807, 2.05) is 30.3 Å². The van der Waals surface area contributed by atoms with Crippen molar-refractivity contribution in [2.45, 2.75) is 19.6 Å². The molecule has 0 aromatic heterocycles. The molecule has 9 heteroatoms. The molecule has 1 aliphatic heterocycles. The van der Waals surface area contributed by atoms with E-state index in [0.717, 1.165) is 5.56 Å². The third kappa shape index (κ3) is 5.39. The van der Waals surface area contributed by atoms with Gasteiger partial charge in [0.2, 0.25) is 0 Å². The number of halogens is 1. The lowest BCUT2D eigenvalue weighted by Gasteiger charge is -2.20. The Kier molecular flexibility index (Phi) is 6.56. The Morgan fingerprint density at radius 3 is 2.62 bits per heavy atom. The minimum Gasteiger partial charge on any atom is -0.486 e. The van der Waals surface area contributed by atoms with Crippen LogP contribution in [0.25, 0.3) is 0 Å². The third-order valence-corrected chi connectivity index (χ3v) is 4.30. The van der Waals surface area contributed by atoms with Crippen LogP contribution in [0.2, 0.25) is 5.02 Å². The Balaban J connectivity index is 1.53. The number of urea groups is 1. The van der Waals surface area contributed by atoms with Crippen LogP contribution in [0.3, 0.4) is 0 Å². The lowest BCUT2D eigenvalue weighted by molar-refractivity contribution is -0.127. The van der Waals surface area contributed by atoms with E-state index in [2.05, 4.69) is 10.6 Å². The molecule has 29 heavy (non-hydrogen) atoms. The van der Waals surface area contributed by atoms with Crippen LogP contribution >= 0.6 is 11.6 Å². The lowest BCUT2D eigenvalue weighted by Crippen LogP contribution is -2.44. The molecule has 0 unspecified atom stereocenters. The summed E-state index contributed by atoms with van der Waals surface area (Å²) in [7, 11) is 0. The van der Waals surface area contributed by atoms with E-state index < -0.39 is 24.0 Å². The monoisotopic (exact) mass is 418 g/mol. The molecule has 0 saturated carbocycles. The number of nitrogens with one attached hydrogen (secondary N) is 2. The fraction of sp³-hybridized carbons (Fsp3) is 0.250. The fourth-order valence-electron chi connectivity index (χ4n) is 2.55. The smallest absolute Gasteiger partial charge is 0.339 e. The van der Waals surface area contributed by atoms with E-state index >= 15 is 0 Å². The molecule has 3 amide bonds. The van der Waals surface area contributed by atoms with E-state index in [9.17, 15) is 14.4 Å². The summed E-state index contributed by atoms with van der Waals surface area (Å²) in [6.45, 7) is 2.31. The first-order valence-electron chi connectivity index (χ1n) is 8.87. The van der Waals surface area contributed by atoms with Crippen LogP contribution in [0.15, 0.2) is 42.5 Å². The first kappa shape index (κ1) is 20.5. The zero-order chi connectivity index (χ0) is 20.8. The van der Waals surface area contributed by atoms with Gasteiger partial charge in [-0.1, -0.05) is 41.9 Å². The summed E-state index contributed by atoms with van der Waals surface area (Å²) >= 11 is 6.10. The number of ether oxygens (including phenoxy) is 3. The Labute approximate surface area is 172 Å². The summed E-state index contributed by atoms with van der Waals surface area (Å²) in [4.78, 5) is 36.3. The summed E-state index contributed by atoms with van der Waals surface area (Å²) in [6.07, 6.45) is -1.20. The minimum atomic E-state index is -1.20. The average molecular weight is 419 g/mol. The number of hydrogen-bond donors (Lipinski definition) is 2. The first-order chi connectivity index (χ1) is 13.9. The molecule has 0 bridgehead atoms. The van der Waals surface area contributed by atoms with E-state index in [4.69, 9.17) is 25.8 Å². The van der Waals surface area contributed by atoms with Gasteiger partial charge in [0.05, 0.1) is 10.6 Å². The summed E-state index contributed by atoms with van der Waals surface area (Å²) < 4.78 is 15.9. The van der Waals surface area contributed by atoms with Crippen LogP contribution in [0.4, 0.5) is 4.79 Å². The molecule has 1 aliphatic rings. The number of fused-ring (bicyclic) bond motifs is 1. The second kappa shape index (κ2) is 9.29. The largest absolute Gasteiger partial charge is 0.486 e. The highest BCUT2D eigenvalue weighted by atomic mass is 35.5. The number of amides is 3. The molecular weight excluding hydrogens is 400 g/mol. The summed E-state index contributed by atoms with van der Waals surface area (Å²) in [5.74, 6) is -0.854. The van der Waals surface area contributed by atoms with Gasteiger partial charge in [-0.05, 0) is 24.6 Å². The molecule has 0 spiro atoms. The average Bonchev–Trinajstić information content (AvgIpc) is 2.73. The van der Waals surface area contributed by atoms with Gasteiger partial charge < -0.3 is 19.5 Å². The Morgan fingerprint density at radius 2 is 1.86 bits per heavy atom. The topological polar surface area (TPSA) is 103 Å². The zero-order valence-electron chi connectivity index (χ0n) is 15.6. The van der Waals surface area contributed by atoms with Crippen LogP contribution in [0.1, 0.15) is 22.8 Å². The minimum absolute atomic E-state index is 0.104. The summed E-state index contributed by atoms with van der Waals surface area (Å²) in [6, 6.07) is 11.3. The van der Waals surface area contributed by atoms with E-state index in [-0.39, 0.29) is 17.1 Å². The predicted octanol–water partition coefficient (Wildman–Crippen LogP) is 2.68. The van der Waals surface area contributed by atoms with Gasteiger partial charge in [0.1, 0.15) is 13.2 Å². The second-order valence-corrected chi connectivity index (χ2v) is 6.59. The van der Waals surface area contributed by atoms with Crippen molar-refractivity contribution in [2.75, 3.05) is 13.2 Å². The molecule has 152 valence electrons. The van der Waals surface area contributed by atoms with Crippen LogP contribution in [0.5, 0.6) is 11.5 Å².